The van der Waals surface area contributed by atoms with Crippen LogP contribution in [0.4, 0.5) is 17.1 Å². The van der Waals surface area contributed by atoms with E-state index in [-0.39, 0.29) is 35.4 Å². The maximum atomic E-state index is 9.96. The van der Waals surface area contributed by atoms with Crippen molar-refractivity contribution in [2.45, 2.75) is 5.41 Å². The van der Waals surface area contributed by atoms with E-state index in [2.05, 4.69) is 194 Å². The van der Waals surface area contributed by atoms with Crippen molar-refractivity contribution >= 4 is 60.2 Å². The van der Waals surface area contributed by atoms with Crippen molar-refractivity contribution in [3.05, 3.63) is 283 Å². The molecule has 1 heteroatoms. The molecule has 66 heavy (non-hydrogen) atoms. The van der Waals surface area contributed by atoms with Crippen LogP contribution in [-0.4, -0.2) is 0 Å². The lowest BCUT2D eigenvalue weighted by atomic mass is 9.68. The summed E-state index contributed by atoms with van der Waals surface area (Å²) in [7, 11) is 0. The summed E-state index contributed by atoms with van der Waals surface area (Å²) >= 11 is 0. The topological polar surface area (TPSA) is 3.24 Å². The Kier molecular flexibility index (Phi) is 7.89. The number of hydrogen-bond acceptors (Lipinski definition) is 1. The highest BCUT2D eigenvalue weighted by molar-refractivity contribution is 6.14. The first-order valence-corrected chi connectivity index (χ1v) is 22.6. The van der Waals surface area contributed by atoms with Crippen LogP contribution in [0, 0.1) is 0 Å². The molecule has 0 aromatic heterocycles. The molecule has 0 aliphatic heterocycles. The average molecular weight is 842 g/mol. The smallest absolute Gasteiger partial charge is 0.0713 e. The Bertz CT molecular complexity index is 4000. The van der Waals surface area contributed by atoms with Gasteiger partial charge in [-0.05, 0) is 147 Å². The molecule has 0 saturated carbocycles. The molecule has 0 heterocycles. The molecular weight excluding hydrogens is 795 g/mol. The predicted octanol–water partition coefficient (Wildman–Crippen LogP) is 17.5. The summed E-state index contributed by atoms with van der Waals surface area (Å²) in [5, 5.41) is 8.89. The zero-order chi connectivity index (χ0) is 47.1. The highest BCUT2D eigenvalue weighted by atomic mass is 15.1. The molecule has 0 unspecified atom stereocenters. The standard InChI is InChI=1S/C65H43N/c1-3-19-50(20-4-1)65(51-21-5-2-6-22-51)63-29-14-13-28-60(63)62-43-54(37-39-64(62)65)66(52-35-32-44(33-36-52)46-34-38-57-49(40-46)31-30-45-16-7-9-24-55(45)57)53-23-15-18-47(41-53)61-42-48-17-8-10-25-56(48)58-26-11-12-27-59(58)61/h1-43H/i32D,33D,35D,36D. The molecule has 12 aromatic rings. The molecule has 12 aromatic carbocycles. The van der Waals surface area contributed by atoms with E-state index in [1.807, 2.05) is 47.4 Å². The van der Waals surface area contributed by atoms with Crippen molar-refractivity contribution in [1.29, 1.82) is 0 Å². The van der Waals surface area contributed by atoms with E-state index in [0.29, 0.717) is 11.3 Å². The first-order valence-electron chi connectivity index (χ1n) is 24.6. The highest BCUT2D eigenvalue weighted by Gasteiger charge is 2.46. The van der Waals surface area contributed by atoms with Crippen LogP contribution in [0.25, 0.3) is 76.5 Å². The molecule has 0 spiro atoms. The van der Waals surface area contributed by atoms with Crippen LogP contribution in [-0.2, 0) is 5.41 Å². The summed E-state index contributed by atoms with van der Waals surface area (Å²) in [4.78, 5) is 1.94. The van der Waals surface area contributed by atoms with E-state index in [0.717, 1.165) is 82.3 Å². The van der Waals surface area contributed by atoms with Crippen LogP contribution in [0.1, 0.15) is 27.7 Å². The second-order valence-electron chi connectivity index (χ2n) is 17.3. The Morgan fingerprint density at radius 3 is 1.64 bits per heavy atom. The fourth-order valence-corrected chi connectivity index (χ4v) is 10.8. The van der Waals surface area contributed by atoms with Gasteiger partial charge in [0.25, 0.3) is 0 Å². The molecule has 0 bridgehead atoms. The van der Waals surface area contributed by atoms with Crippen molar-refractivity contribution < 1.29 is 5.48 Å². The van der Waals surface area contributed by atoms with Crippen LogP contribution >= 0.6 is 0 Å². The van der Waals surface area contributed by atoms with Crippen LogP contribution in [0.5, 0.6) is 0 Å². The van der Waals surface area contributed by atoms with E-state index in [9.17, 15) is 5.48 Å². The summed E-state index contributed by atoms with van der Waals surface area (Å²) in [6.45, 7) is 0. The number of benzene rings is 12. The molecule has 0 radical (unpaired) electrons. The second-order valence-corrected chi connectivity index (χ2v) is 17.3. The van der Waals surface area contributed by atoms with E-state index in [4.69, 9.17) is 0 Å². The van der Waals surface area contributed by atoms with Gasteiger partial charge in [0, 0.05) is 17.1 Å². The summed E-state index contributed by atoms with van der Waals surface area (Å²) in [5.74, 6) is 0. The monoisotopic (exact) mass is 841 g/mol. The number of nitrogens with zero attached hydrogens (tertiary/aromatic N) is 1. The molecule has 308 valence electrons. The van der Waals surface area contributed by atoms with Crippen molar-refractivity contribution in [2.24, 2.45) is 0 Å². The lowest BCUT2D eigenvalue weighted by Crippen LogP contribution is -2.28. The van der Waals surface area contributed by atoms with Gasteiger partial charge in [0.15, 0.2) is 0 Å². The SMILES string of the molecule is [2H]c1c([2H])c(N(c2cccc(-c3cc4ccccc4c4ccccc34)c2)c2ccc3c(c2)-c2ccccc2C3(c2ccccc2)c2ccccc2)c([2H])c([2H])c1-c1ccc2c(ccc3ccccc32)c1. The predicted molar refractivity (Wildman–Crippen MR) is 279 cm³/mol. The maximum absolute atomic E-state index is 9.96. The molecule has 1 aliphatic carbocycles. The second kappa shape index (κ2) is 15.3. The van der Waals surface area contributed by atoms with Gasteiger partial charge in [-0.15, -0.1) is 0 Å². The Labute approximate surface area is 390 Å². The minimum Gasteiger partial charge on any atom is -0.310 e. The van der Waals surface area contributed by atoms with Gasteiger partial charge in [-0.25, -0.2) is 0 Å². The first kappa shape index (κ1) is 34.0. The van der Waals surface area contributed by atoms with Gasteiger partial charge in [0.2, 0.25) is 0 Å². The normalized spacial score (nSPS) is 13.5. The molecular formula is C65H43N. The molecule has 1 nitrogen and oxygen atoms in total. The number of anilines is 3. The van der Waals surface area contributed by atoms with E-state index in [1.165, 1.54) is 10.9 Å². The van der Waals surface area contributed by atoms with Crippen molar-refractivity contribution in [1.82, 2.24) is 0 Å². The van der Waals surface area contributed by atoms with Crippen LogP contribution in [0.2, 0.25) is 0 Å². The molecule has 0 N–H and O–H groups in total. The maximum Gasteiger partial charge on any atom is 0.0713 e. The third-order valence-corrected chi connectivity index (χ3v) is 13.8. The van der Waals surface area contributed by atoms with E-state index < -0.39 is 5.41 Å². The number of rotatable bonds is 7. The Morgan fingerprint density at radius 1 is 0.288 bits per heavy atom. The largest absolute Gasteiger partial charge is 0.310 e. The number of hydrogen-bond donors (Lipinski definition) is 0. The van der Waals surface area contributed by atoms with Crippen LogP contribution in [0.15, 0.2) is 261 Å². The first-order chi connectivity index (χ1) is 34.4. The lowest BCUT2D eigenvalue weighted by Gasteiger charge is -2.34. The van der Waals surface area contributed by atoms with Crippen LogP contribution < -0.4 is 4.90 Å². The third-order valence-electron chi connectivity index (χ3n) is 13.8. The quantitative estimate of drug-likeness (QED) is 0.145. The summed E-state index contributed by atoms with van der Waals surface area (Å²) in [6.07, 6.45) is 0. The fourth-order valence-electron chi connectivity index (χ4n) is 10.8. The van der Waals surface area contributed by atoms with Crippen molar-refractivity contribution in [2.75, 3.05) is 4.90 Å². The lowest BCUT2D eigenvalue weighted by molar-refractivity contribution is 0.768. The Hall–Kier alpha value is -8.52. The highest BCUT2D eigenvalue weighted by Crippen LogP contribution is 2.57. The minimum absolute atomic E-state index is 0.100. The zero-order valence-electron chi connectivity index (χ0n) is 40.0. The van der Waals surface area contributed by atoms with Gasteiger partial charge in [-0.1, -0.05) is 212 Å². The van der Waals surface area contributed by atoms with E-state index in [1.54, 1.807) is 0 Å². The van der Waals surface area contributed by atoms with Gasteiger partial charge >= 0.3 is 0 Å². The fraction of sp³-hybridized carbons (Fsp3) is 0.0154. The minimum atomic E-state index is -0.619. The number of fused-ring (bicyclic) bond motifs is 9. The van der Waals surface area contributed by atoms with Crippen molar-refractivity contribution in [3.63, 3.8) is 0 Å². The van der Waals surface area contributed by atoms with Gasteiger partial charge in [-0.3, -0.25) is 0 Å². The third kappa shape index (κ3) is 5.94. The van der Waals surface area contributed by atoms with Gasteiger partial charge in [-0.2, -0.15) is 0 Å². The van der Waals surface area contributed by atoms with Gasteiger partial charge < -0.3 is 4.90 Å². The van der Waals surface area contributed by atoms with E-state index >= 15 is 0 Å². The molecule has 0 saturated heterocycles. The summed E-state index contributed by atoms with van der Waals surface area (Å²) in [5.41, 5.74) is 10.7. The average Bonchev–Trinajstić information content (AvgIpc) is 3.72. The molecule has 1 aliphatic rings. The molecule has 0 fully saturated rings. The summed E-state index contributed by atoms with van der Waals surface area (Å²) < 4.78 is 39.4. The molecule has 13 rings (SSSR count). The van der Waals surface area contributed by atoms with Gasteiger partial charge in [0.1, 0.15) is 0 Å². The zero-order valence-corrected chi connectivity index (χ0v) is 36.0. The van der Waals surface area contributed by atoms with Crippen LogP contribution in [0.3, 0.4) is 0 Å². The molecule has 0 amide bonds. The summed E-state index contributed by atoms with van der Waals surface area (Å²) in [6, 6.07) is 82.0. The Balaban J connectivity index is 1.05. The van der Waals surface area contributed by atoms with Crippen molar-refractivity contribution in [3.8, 4) is 33.4 Å². The van der Waals surface area contributed by atoms with Gasteiger partial charge in [0.05, 0.1) is 10.9 Å². The Morgan fingerprint density at radius 2 is 0.864 bits per heavy atom. The molecule has 0 atom stereocenters.